The van der Waals surface area contributed by atoms with Crippen LogP contribution in [0, 0.1) is 5.41 Å². The first-order valence-electron chi connectivity index (χ1n) is 6.27. The maximum absolute atomic E-state index is 11.2. The largest absolute Gasteiger partial charge is 0.367 e. The van der Waals surface area contributed by atoms with Crippen molar-refractivity contribution in [2.75, 3.05) is 6.61 Å². The fraction of sp³-hybridized carbons (Fsp3) is 0.833. The van der Waals surface area contributed by atoms with Crippen molar-refractivity contribution in [2.24, 2.45) is 5.41 Å². The van der Waals surface area contributed by atoms with Crippen molar-refractivity contribution in [3.05, 3.63) is 16.3 Å². The molecule has 17 heavy (non-hydrogen) atoms. The van der Waals surface area contributed by atoms with Gasteiger partial charge in [-0.2, -0.15) is 5.10 Å². The quantitative estimate of drug-likeness (QED) is 0.846. The Morgan fingerprint density at radius 2 is 1.94 bits per heavy atom. The Labute approximate surface area is 101 Å². The molecule has 1 heterocycles. The highest BCUT2D eigenvalue weighted by molar-refractivity contribution is 5.04. The van der Waals surface area contributed by atoms with E-state index in [-0.39, 0.29) is 5.69 Å². The lowest BCUT2D eigenvalue weighted by Crippen LogP contribution is -2.38. The molecule has 0 spiro atoms. The maximum Gasteiger partial charge on any atom is 0.340 e. The predicted molar refractivity (Wildman–Crippen MR) is 64.8 cm³/mol. The van der Waals surface area contributed by atoms with Gasteiger partial charge >= 0.3 is 5.69 Å². The van der Waals surface area contributed by atoms with Gasteiger partial charge in [-0.3, -0.25) is 4.98 Å². The van der Waals surface area contributed by atoms with E-state index in [1.54, 1.807) is 0 Å². The summed E-state index contributed by atoms with van der Waals surface area (Å²) in [5.41, 5.74) is -0.301. The standard InChI is InChI=1S/C12H21N3O2/c1-4-17-12(9-13-10(16)15-14-9)7-5-11(2,3)6-8-12/h4-8H2,1-3H3,(H2,13,14,15,16). The maximum atomic E-state index is 11.2. The molecule has 1 aromatic rings. The Hall–Kier alpha value is -1.10. The first kappa shape index (κ1) is 12.4. The smallest absolute Gasteiger partial charge is 0.340 e. The number of hydrogen-bond acceptors (Lipinski definition) is 3. The summed E-state index contributed by atoms with van der Waals surface area (Å²) < 4.78 is 5.91. The summed E-state index contributed by atoms with van der Waals surface area (Å²) in [6.45, 7) is 7.16. The number of aromatic amines is 2. The summed E-state index contributed by atoms with van der Waals surface area (Å²) in [6, 6.07) is 0. The summed E-state index contributed by atoms with van der Waals surface area (Å²) >= 11 is 0. The van der Waals surface area contributed by atoms with Crippen LogP contribution in [0.5, 0.6) is 0 Å². The van der Waals surface area contributed by atoms with Crippen molar-refractivity contribution in [2.45, 2.75) is 52.1 Å². The van der Waals surface area contributed by atoms with Gasteiger partial charge in [-0.05, 0) is 38.0 Å². The predicted octanol–water partition coefficient (Wildman–Crippen LogP) is 1.93. The summed E-state index contributed by atoms with van der Waals surface area (Å²) in [5.74, 6) is 0.653. The number of nitrogens with zero attached hydrogens (tertiary/aromatic N) is 1. The molecule has 0 atom stereocenters. The molecule has 2 rings (SSSR count). The van der Waals surface area contributed by atoms with Crippen molar-refractivity contribution in [1.82, 2.24) is 15.2 Å². The highest BCUT2D eigenvalue weighted by atomic mass is 16.5. The lowest BCUT2D eigenvalue weighted by molar-refractivity contribution is -0.0946. The van der Waals surface area contributed by atoms with Crippen LogP contribution in [0.2, 0.25) is 0 Å². The van der Waals surface area contributed by atoms with E-state index < -0.39 is 5.60 Å². The molecule has 0 aromatic carbocycles. The summed E-state index contributed by atoms with van der Waals surface area (Å²) in [6.07, 6.45) is 3.99. The average Bonchev–Trinajstić information content (AvgIpc) is 2.69. The molecule has 96 valence electrons. The second kappa shape index (κ2) is 4.29. The van der Waals surface area contributed by atoms with Crippen molar-refractivity contribution in [3.63, 3.8) is 0 Å². The molecule has 1 aliphatic carbocycles. The molecule has 1 aromatic heterocycles. The van der Waals surface area contributed by atoms with Crippen LogP contribution in [0.25, 0.3) is 0 Å². The number of nitrogens with one attached hydrogen (secondary N) is 2. The van der Waals surface area contributed by atoms with E-state index in [2.05, 4.69) is 29.0 Å². The fourth-order valence-corrected chi connectivity index (χ4v) is 2.54. The molecule has 5 nitrogen and oxygen atoms in total. The van der Waals surface area contributed by atoms with E-state index in [0.29, 0.717) is 17.8 Å². The molecule has 1 aliphatic rings. The highest BCUT2D eigenvalue weighted by Crippen LogP contribution is 2.46. The zero-order valence-corrected chi connectivity index (χ0v) is 10.8. The first-order chi connectivity index (χ1) is 7.97. The van der Waals surface area contributed by atoms with Gasteiger partial charge < -0.3 is 4.74 Å². The minimum absolute atomic E-state index is 0.260. The number of hydrogen-bond donors (Lipinski definition) is 2. The third-order valence-corrected chi connectivity index (χ3v) is 3.76. The van der Waals surface area contributed by atoms with Gasteiger partial charge in [-0.25, -0.2) is 9.89 Å². The van der Waals surface area contributed by atoms with Gasteiger partial charge in [-0.15, -0.1) is 0 Å². The number of ether oxygens (including phenoxy) is 1. The molecule has 1 saturated carbocycles. The summed E-state index contributed by atoms with van der Waals surface area (Å²) in [5, 5.41) is 6.49. The van der Waals surface area contributed by atoms with Crippen LogP contribution in [-0.4, -0.2) is 21.8 Å². The van der Waals surface area contributed by atoms with E-state index >= 15 is 0 Å². The van der Waals surface area contributed by atoms with E-state index in [1.807, 2.05) is 6.92 Å². The molecule has 0 aliphatic heterocycles. The molecular formula is C12H21N3O2. The zero-order valence-electron chi connectivity index (χ0n) is 10.8. The molecule has 5 heteroatoms. The van der Waals surface area contributed by atoms with Crippen molar-refractivity contribution < 1.29 is 4.74 Å². The van der Waals surface area contributed by atoms with E-state index in [9.17, 15) is 4.79 Å². The van der Waals surface area contributed by atoms with Crippen LogP contribution < -0.4 is 5.69 Å². The van der Waals surface area contributed by atoms with Gasteiger partial charge in [0.1, 0.15) is 5.60 Å². The van der Waals surface area contributed by atoms with Crippen LogP contribution in [0.4, 0.5) is 0 Å². The Morgan fingerprint density at radius 3 is 2.41 bits per heavy atom. The third-order valence-electron chi connectivity index (χ3n) is 3.76. The SMILES string of the molecule is CCOC1(c2n[nH]c(=O)[nH]2)CCC(C)(C)CC1. The molecular weight excluding hydrogens is 218 g/mol. The molecule has 0 radical (unpaired) electrons. The first-order valence-corrected chi connectivity index (χ1v) is 6.27. The molecule has 0 unspecified atom stereocenters. The Morgan fingerprint density at radius 1 is 1.29 bits per heavy atom. The second-order valence-electron chi connectivity index (χ2n) is 5.62. The number of H-pyrrole nitrogens is 2. The van der Waals surface area contributed by atoms with Gasteiger partial charge in [0.15, 0.2) is 5.82 Å². The lowest BCUT2D eigenvalue weighted by atomic mass is 9.70. The Bertz CT molecular complexity index is 423. The Kier molecular flexibility index (Phi) is 3.12. The van der Waals surface area contributed by atoms with E-state index in [1.165, 1.54) is 0 Å². The second-order valence-corrected chi connectivity index (χ2v) is 5.62. The van der Waals surface area contributed by atoms with Gasteiger partial charge in [-0.1, -0.05) is 13.8 Å². The monoisotopic (exact) mass is 239 g/mol. The van der Waals surface area contributed by atoms with Crippen molar-refractivity contribution in [3.8, 4) is 0 Å². The zero-order chi connectivity index (χ0) is 12.5. The fourth-order valence-electron chi connectivity index (χ4n) is 2.54. The van der Waals surface area contributed by atoms with Crippen LogP contribution >= 0.6 is 0 Å². The van der Waals surface area contributed by atoms with Gasteiger partial charge in [0, 0.05) is 6.61 Å². The number of aromatic nitrogens is 3. The van der Waals surface area contributed by atoms with Gasteiger partial charge in [0.05, 0.1) is 0 Å². The third kappa shape index (κ3) is 2.44. The minimum Gasteiger partial charge on any atom is -0.367 e. The van der Waals surface area contributed by atoms with Crippen LogP contribution in [0.1, 0.15) is 52.3 Å². The minimum atomic E-state index is -0.399. The normalized spacial score (nSPS) is 22.5. The van der Waals surface area contributed by atoms with Crippen LogP contribution in [-0.2, 0) is 10.3 Å². The molecule has 0 saturated heterocycles. The Balaban J connectivity index is 2.25. The van der Waals surface area contributed by atoms with E-state index in [4.69, 9.17) is 4.74 Å². The van der Waals surface area contributed by atoms with Crippen LogP contribution in [0.15, 0.2) is 4.79 Å². The van der Waals surface area contributed by atoms with Crippen molar-refractivity contribution >= 4 is 0 Å². The topological polar surface area (TPSA) is 70.8 Å². The molecule has 0 bridgehead atoms. The highest BCUT2D eigenvalue weighted by Gasteiger charge is 2.42. The molecule has 2 N–H and O–H groups in total. The summed E-state index contributed by atoms with van der Waals surface area (Å²) in [7, 11) is 0. The van der Waals surface area contributed by atoms with Gasteiger partial charge in [0.2, 0.25) is 0 Å². The molecule has 1 fully saturated rings. The summed E-state index contributed by atoms with van der Waals surface area (Å²) in [4.78, 5) is 13.9. The van der Waals surface area contributed by atoms with E-state index in [0.717, 1.165) is 25.7 Å². The van der Waals surface area contributed by atoms with Gasteiger partial charge in [0.25, 0.3) is 0 Å². The average molecular weight is 239 g/mol. The lowest BCUT2D eigenvalue weighted by Gasteiger charge is -2.41. The van der Waals surface area contributed by atoms with Crippen molar-refractivity contribution in [1.29, 1.82) is 0 Å². The molecule has 0 amide bonds. The van der Waals surface area contributed by atoms with Crippen LogP contribution in [0.3, 0.4) is 0 Å². The number of rotatable bonds is 3.